The largest absolute Gasteiger partial charge is 0.381 e. The first-order valence-electron chi connectivity index (χ1n) is 5.69. The van der Waals surface area contributed by atoms with Crippen molar-refractivity contribution >= 4 is 11.4 Å². The van der Waals surface area contributed by atoms with Gasteiger partial charge in [-0.3, -0.25) is 10.1 Å². The molecule has 0 atom stereocenters. The number of benzene rings is 2. The predicted octanol–water partition coefficient (Wildman–Crippen LogP) is 3.52. The Morgan fingerprint density at radius 1 is 1.17 bits per heavy atom. The normalized spacial score (nSPS) is 10.1. The van der Waals surface area contributed by atoms with Crippen LogP contribution in [-0.2, 0) is 6.54 Å². The fraction of sp³-hybridized carbons (Fsp3) is 0.143. The zero-order valence-corrected chi connectivity index (χ0v) is 10.1. The maximum absolute atomic E-state index is 10.7. The molecule has 0 unspecified atom stereocenters. The van der Waals surface area contributed by atoms with Crippen LogP contribution < -0.4 is 5.32 Å². The van der Waals surface area contributed by atoms with Crippen molar-refractivity contribution in [1.29, 1.82) is 0 Å². The van der Waals surface area contributed by atoms with Crippen LogP contribution in [0.4, 0.5) is 11.4 Å². The second-order valence-corrected chi connectivity index (χ2v) is 4.15. The van der Waals surface area contributed by atoms with Crippen molar-refractivity contribution in [3.05, 3.63) is 69.8 Å². The molecule has 18 heavy (non-hydrogen) atoms. The van der Waals surface area contributed by atoms with Gasteiger partial charge in [0.05, 0.1) is 4.92 Å². The van der Waals surface area contributed by atoms with Gasteiger partial charge in [0, 0.05) is 24.4 Å². The summed E-state index contributed by atoms with van der Waals surface area (Å²) < 4.78 is 0. The molecule has 4 nitrogen and oxygen atoms in total. The Morgan fingerprint density at radius 3 is 2.67 bits per heavy atom. The second-order valence-electron chi connectivity index (χ2n) is 4.15. The minimum absolute atomic E-state index is 0.124. The molecule has 0 heterocycles. The third-order valence-corrected chi connectivity index (χ3v) is 2.64. The summed E-state index contributed by atoms with van der Waals surface area (Å²) in [5.74, 6) is 0. The molecule has 0 fully saturated rings. The van der Waals surface area contributed by atoms with Gasteiger partial charge < -0.3 is 5.32 Å². The van der Waals surface area contributed by atoms with Gasteiger partial charge in [-0.05, 0) is 30.2 Å². The van der Waals surface area contributed by atoms with E-state index in [4.69, 9.17) is 0 Å². The summed E-state index contributed by atoms with van der Waals surface area (Å²) in [6, 6.07) is 14.7. The van der Waals surface area contributed by atoms with Crippen molar-refractivity contribution in [3.63, 3.8) is 0 Å². The number of non-ortho nitro benzene ring substituents is 1. The molecule has 0 saturated carbocycles. The average molecular weight is 242 g/mol. The molecular formula is C14H14N2O2. The van der Waals surface area contributed by atoms with E-state index in [2.05, 4.69) is 5.32 Å². The molecule has 0 aliphatic heterocycles. The van der Waals surface area contributed by atoms with Crippen molar-refractivity contribution in [3.8, 4) is 0 Å². The Balaban J connectivity index is 2.06. The van der Waals surface area contributed by atoms with E-state index >= 15 is 0 Å². The van der Waals surface area contributed by atoms with Gasteiger partial charge in [0.15, 0.2) is 0 Å². The molecular weight excluding hydrogens is 228 g/mol. The first-order valence-corrected chi connectivity index (χ1v) is 5.69. The number of nitro benzene ring substituents is 1. The van der Waals surface area contributed by atoms with E-state index in [0.717, 1.165) is 11.3 Å². The summed E-state index contributed by atoms with van der Waals surface area (Å²) >= 11 is 0. The van der Waals surface area contributed by atoms with Gasteiger partial charge in [-0.1, -0.05) is 24.3 Å². The van der Waals surface area contributed by atoms with Gasteiger partial charge in [0.2, 0.25) is 0 Å². The Labute approximate surface area is 105 Å². The predicted molar refractivity (Wildman–Crippen MR) is 71.6 cm³/mol. The van der Waals surface area contributed by atoms with E-state index in [0.29, 0.717) is 6.54 Å². The lowest BCUT2D eigenvalue weighted by molar-refractivity contribution is -0.384. The number of anilines is 1. The van der Waals surface area contributed by atoms with Crippen LogP contribution in [0.1, 0.15) is 11.1 Å². The van der Waals surface area contributed by atoms with Crippen molar-refractivity contribution in [2.45, 2.75) is 13.5 Å². The fourth-order valence-electron chi connectivity index (χ4n) is 1.74. The highest BCUT2D eigenvalue weighted by Crippen LogP contribution is 2.15. The third kappa shape index (κ3) is 3.07. The molecule has 1 N–H and O–H groups in total. The van der Waals surface area contributed by atoms with Gasteiger partial charge >= 0.3 is 0 Å². The van der Waals surface area contributed by atoms with Crippen LogP contribution in [0, 0.1) is 17.0 Å². The number of rotatable bonds is 4. The summed E-state index contributed by atoms with van der Waals surface area (Å²) in [5.41, 5.74) is 3.21. The van der Waals surface area contributed by atoms with E-state index in [1.807, 2.05) is 37.3 Å². The standard InChI is InChI=1S/C14H14N2O2/c1-11-4-2-6-13(8-11)15-10-12-5-3-7-14(9-12)16(17)18/h2-9,15H,10H2,1H3. The van der Waals surface area contributed by atoms with Gasteiger partial charge in [0.1, 0.15) is 0 Å². The summed E-state index contributed by atoms with van der Waals surface area (Å²) in [7, 11) is 0. The Bertz CT molecular complexity index is 567. The van der Waals surface area contributed by atoms with Crippen LogP contribution in [0.5, 0.6) is 0 Å². The number of hydrogen-bond acceptors (Lipinski definition) is 3. The van der Waals surface area contributed by atoms with Gasteiger partial charge in [-0.2, -0.15) is 0 Å². The van der Waals surface area contributed by atoms with Crippen molar-refractivity contribution in [2.24, 2.45) is 0 Å². The van der Waals surface area contributed by atoms with Crippen molar-refractivity contribution < 1.29 is 4.92 Å². The van der Waals surface area contributed by atoms with Gasteiger partial charge in [0.25, 0.3) is 5.69 Å². The van der Waals surface area contributed by atoms with Crippen LogP contribution >= 0.6 is 0 Å². The molecule has 0 amide bonds. The molecule has 2 rings (SSSR count). The molecule has 2 aromatic carbocycles. The Kier molecular flexibility index (Phi) is 3.57. The number of nitrogens with zero attached hydrogens (tertiary/aromatic N) is 1. The molecule has 0 aliphatic carbocycles. The lowest BCUT2D eigenvalue weighted by atomic mass is 10.2. The molecule has 2 aromatic rings. The van der Waals surface area contributed by atoms with Crippen molar-refractivity contribution in [1.82, 2.24) is 0 Å². The van der Waals surface area contributed by atoms with Gasteiger partial charge in [-0.25, -0.2) is 0 Å². The van der Waals surface area contributed by atoms with Crippen molar-refractivity contribution in [2.75, 3.05) is 5.32 Å². The second kappa shape index (κ2) is 5.31. The van der Waals surface area contributed by atoms with Crippen LogP contribution in [0.25, 0.3) is 0 Å². The molecule has 92 valence electrons. The average Bonchev–Trinajstić information content (AvgIpc) is 2.37. The zero-order valence-electron chi connectivity index (χ0n) is 10.1. The lowest BCUT2D eigenvalue weighted by Crippen LogP contribution is -2.00. The van der Waals surface area contributed by atoms with Crippen LogP contribution in [-0.4, -0.2) is 4.92 Å². The van der Waals surface area contributed by atoms with Crippen LogP contribution in [0.3, 0.4) is 0 Å². The van der Waals surface area contributed by atoms with Gasteiger partial charge in [-0.15, -0.1) is 0 Å². The van der Waals surface area contributed by atoms with Crippen LogP contribution in [0.2, 0.25) is 0 Å². The molecule has 0 aliphatic rings. The monoisotopic (exact) mass is 242 g/mol. The molecule has 0 spiro atoms. The van der Waals surface area contributed by atoms with E-state index < -0.39 is 0 Å². The summed E-state index contributed by atoms with van der Waals surface area (Å²) in [6.45, 7) is 2.60. The summed E-state index contributed by atoms with van der Waals surface area (Å²) in [6.07, 6.45) is 0. The van der Waals surface area contributed by atoms with E-state index in [1.54, 1.807) is 12.1 Å². The maximum Gasteiger partial charge on any atom is 0.269 e. The highest BCUT2D eigenvalue weighted by molar-refractivity contribution is 5.46. The maximum atomic E-state index is 10.7. The minimum atomic E-state index is -0.379. The molecule has 0 radical (unpaired) electrons. The zero-order chi connectivity index (χ0) is 13.0. The fourth-order valence-corrected chi connectivity index (χ4v) is 1.74. The topological polar surface area (TPSA) is 55.2 Å². The lowest BCUT2D eigenvalue weighted by Gasteiger charge is -2.07. The SMILES string of the molecule is Cc1cccc(NCc2cccc([N+](=O)[O-])c2)c1. The molecule has 0 aromatic heterocycles. The first-order chi connectivity index (χ1) is 8.65. The number of hydrogen-bond donors (Lipinski definition) is 1. The highest BCUT2D eigenvalue weighted by Gasteiger charge is 2.05. The number of nitrogens with one attached hydrogen (secondary N) is 1. The first kappa shape index (κ1) is 12.1. The summed E-state index contributed by atoms with van der Waals surface area (Å²) in [4.78, 5) is 10.3. The summed E-state index contributed by atoms with van der Waals surface area (Å²) in [5, 5.41) is 13.9. The van der Waals surface area contributed by atoms with Crippen LogP contribution in [0.15, 0.2) is 48.5 Å². The molecule has 0 bridgehead atoms. The molecule has 0 saturated heterocycles. The third-order valence-electron chi connectivity index (χ3n) is 2.64. The highest BCUT2D eigenvalue weighted by atomic mass is 16.6. The number of aryl methyl sites for hydroxylation is 1. The Hall–Kier alpha value is -2.36. The number of nitro groups is 1. The Morgan fingerprint density at radius 2 is 1.94 bits per heavy atom. The van der Waals surface area contributed by atoms with E-state index in [1.165, 1.54) is 11.6 Å². The molecule has 4 heteroatoms. The smallest absolute Gasteiger partial charge is 0.269 e. The van der Waals surface area contributed by atoms with E-state index in [9.17, 15) is 10.1 Å². The van der Waals surface area contributed by atoms with E-state index in [-0.39, 0.29) is 10.6 Å². The quantitative estimate of drug-likeness (QED) is 0.659. The minimum Gasteiger partial charge on any atom is -0.381 e.